The van der Waals surface area contributed by atoms with E-state index in [-0.39, 0.29) is 0 Å². The molecule has 2 aromatic rings. The zero-order valence-electron chi connectivity index (χ0n) is 11.3. The van der Waals surface area contributed by atoms with E-state index in [1.165, 1.54) is 5.56 Å². The molecule has 5 heteroatoms. The van der Waals surface area contributed by atoms with Gasteiger partial charge in [-0.1, -0.05) is 6.92 Å². The summed E-state index contributed by atoms with van der Waals surface area (Å²) in [4.78, 5) is 12.9. The summed E-state index contributed by atoms with van der Waals surface area (Å²) in [5.74, 6) is 2.56. The number of rotatable bonds is 6. The molecule has 0 bridgehead atoms. The van der Waals surface area contributed by atoms with Gasteiger partial charge in [0.1, 0.15) is 17.5 Å². The molecule has 0 unspecified atom stereocenters. The first-order chi connectivity index (χ1) is 9.31. The van der Waals surface area contributed by atoms with Crippen molar-refractivity contribution in [2.75, 3.05) is 17.7 Å². The van der Waals surface area contributed by atoms with E-state index in [0.717, 1.165) is 36.8 Å². The van der Waals surface area contributed by atoms with Gasteiger partial charge in [-0.2, -0.15) is 0 Å². The highest BCUT2D eigenvalue weighted by molar-refractivity contribution is 5.47. The van der Waals surface area contributed by atoms with Crippen LogP contribution in [0.25, 0.3) is 0 Å². The maximum atomic E-state index is 4.51. The van der Waals surface area contributed by atoms with E-state index in [9.17, 15) is 0 Å². The summed E-state index contributed by atoms with van der Waals surface area (Å²) < 4.78 is 0. The maximum Gasteiger partial charge on any atom is 0.133 e. The van der Waals surface area contributed by atoms with E-state index in [1.54, 1.807) is 12.4 Å². The second kappa shape index (κ2) is 6.68. The molecule has 0 aliphatic rings. The Morgan fingerprint density at radius 3 is 2.53 bits per heavy atom. The smallest absolute Gasteiger partial charge is 0.133 e. The van der Waals surface area contributed by atoms with Gasteiger partial charge in [0.25, 0.3) is 0 Å². The number of aryl methyl sites for hydroxylation is 1. The van der Waals surface area contributed by atoms with Gasteiger partial charge in [0.15, 0.2) is 0 Å². The molecule has 0 fully saturated rings. The first-order valence-corrected chi connectivity index (χ1v) is 6.50. The Bertz CT molecular complexity index is 512. The van der Waals surface area contributed by atoms with Gasteiger partial charge in [-0.05, 0) is 24.1 Å². The summed E-state index contributed by atoms with van der Waals surface area (Å²) in [5, 5.41) is 6.38. The summed E-state index contributed by atoms with van der Waals surface area (Å²) in [5.41, 5.74) is 1.18. The highest BCUT2D eigenvalue weighted by atomic mass is 15.1. The van der Waals surface area contributed by atoms with Crippen LogP contribution in [0.4, 0.5) is 11.6 Å². The van der Waals surface area contributed by atoms with Crippen molar-refractivity contribution in [1.29, 1.82) is 0 Å². The van der Waals surface area contributed by atoms with Crippen LogP contribution >= 0.6 is 0 Å². The van der Waals surface area contributed by atoms with Crippen molar-refractivity contribution < 1.29 is 0 Å². The predicted molar refractivity (Wildman–Crippen MR) is 77.1 cm³/mol. The highest BCUT2D eigenvalue weighted by Gasteiger charge is 2.03. The minimum Gasteiger partial charge on any atom is -0.373 e. The second-order valence-electron chi connectivity index (χ2n) is 4.26. The molecule has 5 nitrogen and oxygen atoms in total. The highest BCUT2D eigenvalue weighted by Crippen LogP contribution is 2.13. The molecule has 0 spiro atoms. The second-order valence-corrected chi connectivity index (χ2v) is 4.26. The van der Waals surface area contributed by atoms with E-state index in [4.69, 9.17) is 0 Å². The van der Waals surface area contributed by atoms with Crippen molar-refractivity contribution in [1.82, 2.24) is 15.0 Å². The first-order valence-electron chi connectivity index (χ1n) is 6.50. The van der Waals surface area contributed by atoms with Crippen molar-refractivity contribution in [3.8, 4) is 0 Å². The predicted octanol–water partition coefficient (Wildman–Crippen LogP) is 2.48. The monoisotopic (exact) mass is 257 g/mol. The van der Waals surface area contributed by atoms with Crippen molar-refractivity contribution in [3.05, 3.63) is 42.0 Å². The Balaban J connectivity index is 2.08. The van der Waals surface area contributed by atoms with E-state index < -0.39 is 0 Å². The summed E-state index contributed by atoms with van der Waals surface area (Å²) in [6.45, 7) is 2.85. The Morgan fingerprint density at radius 1 is 1.11 bits per heavy atom. The molecular formula is C14H19N5. The quantitative estimate of drug-likeness (QED) is 0.832. The van der Waals surface area contributed by atoms with Crippen LogP contribution in [-0.4, -0.2) is 22.0 Å². The third kappa shape index (κ3) is 3.91. The van der Waals surface area contributed by atoms with E-state index in [1.807, 2.05) is 25.2 Å². The molecule has 19 heavy (non-hydrogen) atoms. The van der Waals surface area contributed by atoms with Crippen LogP contribution in [0.2, 0.25) is 0 Å². The maximum absolute atomic E-state index is 4.51. The van der Waals surface area contributed by atoms with Crippen LogP contribution in [0.1, 0.15) is 24.7 Å². The Labute approximate surface area is 113 Å². The van der Waals surface area contributed by atoms with Crippen LogP contribution in [0, 0.1) is 0 Å². The van der Waals surface area contributed by atoms with Crippen LogP contribution in [-0.2, 0) is 13.0 Å². The molecule has 0 saturated heterocycles. The molecule has 0 aliphatic heterocycles. The summed E-state index contributed by atoms with van der Waals surface area (Å²) >= 11 is 0. The standard InChI is InChI=1S/C14H19N5/c1-3-4-12-18-13(15-2)9-14(19-12)17-10-11-5-7-16-8-6-11/h5-9H,3-4,10H2,1-2H3,(H2,15,17,18,19). The van der Waals surface area contributed by atoms with Gasteiger partial charge in [0.2, 0.25) is 0 Å². The fraction of sp³-hybridized carbons (Fsp3) is 0.357. The first kappa shape index (κ1) is 13.3. The average molecular weight is 257 g/mol. The molecule has 2 heterocycles. The minimum absolute atomic E-state index is 0.730. The lowest BCUT2D eigenvalue weighted by molar-refractivity contribution is 0.835. The van der Waals surface area contributed by atoms with Crippen LogP contribution in [0.3, 0.4) is 0 Å². The normalized spacial score (nSPS) is 10.2. The average Bonchev–Trinajstić information content (AvgIpc) is 2.46. The molecule has 0 radical (unpaired) electrons. The van der Waals surface area contributed by atoms with Crippen LogP contribution in [0.15, 0.2) is 30.6 Å². The van der Waals surface area contributed by atoms with Crippen molar-refractivity contribution >= 4 is 11.6 Å². The Morgan fingerprint density at radius 2 is 1.84 bits per heavy atom. The Kier molecular flexibility index (Phi) is 4.66. The third-order valence-electron chi connectivity index (χ3n) is 2.73. The molecule has 0 aromatic carbocycles. The van der Waals surface area contributed by atoms with Crippen molar-refractivity contribution in [3.63, 3.8) is 0 Å². The number of hydrogen-bond acceptors (Lipinski definition) is 5. The van der Waals surface area contributed by atoms with Gasteiger partial charge in [0.05, 0.1) is 0 Å². The molecule has 0 atom stereocenters. The van der Waals surface area contributed by atoms with E-state index in [2.05, 4.69) is 32.5 Å². The molecule has 0 amide bonds. The topological polar surface area (TPSA) is 62.7 Å². The van der Waals surface area contributed by atoms with Gasteiger partial charge in [-0.25, -0.2) is 9.97 Å². The molecule has 100 valence electrons. The SMILES string of the molecule is CCCc1nc(NC)cc(NCc2ccncc2)n1. The fourth-order valence-electron chi connectivity index (χ4n) is 1.74. The molecule has 0 saturated carbocycles. The lowest BCUT2D eigenvalue weighted by Crippen LogP contribution is -2.06. The third-order valence-corrected chi connectivity index (χ3v) is 2.73. The largest absolute Gasteiger partial charge is 0.373 e. The molecule has 2 rings (SSSR count). The van der Waals surface area contributed by atoms with E-state index in [0.29, 0.717) is 0 Å². The zero-order valence-corrected chi connectivity index (χ0v) is 11.3. The fourth-order valence-corrected chi connectivity index (χ4v) is 1.74. The molecule has 0 aliphatic carbocycles. The summed E-state index contributed by atoms with van der Waals surface area (Å²) in [6.07, 6.45) is 5.51. The van der Waals surface area contributed by atoms with Gasteiger partial charge in [-0.15, -0.1) is 0 Å². The van der Waals surface area contributed by atoms with Crippen molar-refractivity contribution in [2.45, 2.75) is 26.3 Å². The molecule has 2 N–H and O–H groups in total. The van der Waals surface area contributed by atoms with Gasteiger partial charge in [-0.3, -0.25) is 4.98 Å². The number of hydrogen-bond donors (Lipinski definition) is 2. The lowest BCUT2D eigenvalue weighted by atomic mass is 10.2. The number of anilines is 2. The van der Waals surface area contributed by atoms with Crippen LogP contribution in [0.5, 0.6) is 0 Å². The lowest BCUT2D eigenvalue weighted by Gasteiger charge is -2.09. The number of nitrogens with one attached hydrogen (secondary N) is 2. The van der Waals surface area contributed by atoms with Gasteiger partial charge < -0.3 is 10.6 Å². The number of aromatic nitrogens is 3. The molecular weight excluding hydrogens is 238 g/mol. The minimum atomic E-state index is 0.730. The number of nitrogens with zero attached hydrogens (tertiary/aromatic N) is 3. The van der Waals surface area contributed by atoms with Gasteiger partial charge in [0, 0.05) is 38.5 Å². The zero-order chi connectivity index (χ0) is 13.5. The summed E-state index contributed by atoms with van der Waals surface area (Å²) in [6, 6.07) is 5.89. The van der Waals surface area contributed by atoms with E-state index >= 15 is 0 Å². The summed E-state index contributed by atoms with van der Waals surface area (Å²) in [7, 11) is 1.87. The van der Waals surface area contributed by atoms with Crippen molar-refractivity contribution in [2.24, 2.45) is 0 Å². The van der Waals surface area contributed by atoms with Crippen LogP contribution < -0.4 is 10.6 Å². The number of pyridine rings is 1. The molecule has 2 aromatic heterocycles. The Hall–Kier alpha value is -2.17. The van der Waals surface area contributed by atoms with Gasteiger partial charge >= 0.3 is 0 Å².